The van der Waals surface area contributed by atoms with Crippen molar-refractivity contribution in [3.63, 3.8) is 0 Å². The van der Waals surface area contributed by atoms with Gasteiger partial charge >= 0.3 is 0 Å². The van der Waals surface area contributed by atoms with Gasteiger partial charge in [-0.2, -0.15) is 0 Å². The van der Waals surface area contributed by atoms with Gasteiger partial charge in [-0.15, -0.1) is 0 Å². The van der Waals surface area contributed by atoms with Gasteiger partial charge in [0.15, 0.2) is 0 Å². The molecule has 0 unspecified atom stereocenters. The summed E-state index contributed by atoms with van der Waals surface area (Å²) in [6.45, 7) is 1.05. The Balaban J connectivity index is 0.000000114. The highest BCUT2D eigenvalue weighted by Crippen LogP contribution is 2.23. The molecule has 1 N–H and O–H groups in total. The molecule has 3 aromatic carbocycles. The molecule has 0 atom stereocenters. The molecule has 1 heteroatoms. The molecule has 0 aliphatic carbocycles. The molecule has 18 heavy (non-hydrogen) atoms. The fourth-order valence-electron chi connectivity index (χ4n) is 2.06. The number of nitrogens with one attached hydrogen (secondary N) is 1. The fourth-order valence-corrected chi connectivity index (χ4v) is 2.06. The summed E-state index contributed by atoms with van der Waals surface area (Å²) < 4.78 is 0. The molecule has 1 aliphatic heterocycles. The molecule has 1 heterocycles. The number of rotatable bonds is 0. The average Bonchev–Trinajstić information content (AvgIpc) is 2.41. The summed E-state index contributed by atoms with van der Waals surface area (Å²) in [6, 6.07) is 25.1. The van der Waals surface area contributed by atoms with Crippen LogP contribution in [0.15, 0.2) is 72.8 Å². The topological polar surface area (TPSA) is 12.0 Å². The zero-order chi connectivity index (χ0) is 12.2. The Morgan fingerprint density at radius 3 is 1.44 bits per heavy atom. The summed E-state index contributed by atoms with van der Waals surface area (Å²) in [5, 5.41) is 5.81. The first-order valence-electron chi connectivity index (χ1n) is 6.19. The van der Waals surface area contributed by atoms with E-state index >= 15 is 0 Å². The third kappa shape index (κ3) is 2.21. The summed E-state index contributed by atoms with van der Waals surface area (Å²) in [6.07, 6.45) is 0. The molecular formula is C17H15N. The van der Waals surface area contributed by atoms with Crippen LogP contribution < -0.4 is 5.32 Å². The molecule has 88 valence electrons. The van der Waals surface area contributed by atoms with Crippen LogP contribution in [0.5, 0.6) is 0 Å². The van der Waals surface area contributed by atoms with E-state index < -0.39 is 0 Å². The monoisotopic (exact) mass is 233 g/mol. The number of hydrogen-bond acceptors (Lipinski definition) is 1. The van der Waals surface area contributed by atoms with E-state index in [4.69, 9.17) is 0 Å². The summed E-state index contributed by atoms with van der Waals surface area (Å²) in [5.41, 5.74) is 2.74. The van der Waals surface area contributed by atoms with Crippen molar-refractivity contribution in [2.24, 2.45) is 0 Å². The Hall–Kier alpha value is -2.28. The standard InChI is InChI=1S/C10H8.C7H7N/c1-2-6-10-8-4-3-7-9(10)5-1;1-2-4-7-6(3-1)5-8-7/h1-8H;1-4,8H,5H2. The lowest BCUT2D eigenvalue weighted by molar-refractivity contribution is 1.05. The van der Waals surface area contributed by atoms with Crippen LogP contribution in [-0.2, 0) is 6.54 Å². The van der Waals surface area contributed by atoms with Gasteiger partial charge in [0, 0.05) is 12.2 Å². The van der Waals surface area contributed by atoms with Crippen LogP contribution >= 0.6 is 0 Å². The van der Waals surface area contributed by atoms with Crippen LogP contribution in [0.4, 0.5) is 5.69 Å². The summed E-state index contributed by atoms with van der Waals surface area (Å²) >= 11 is 0. The third-order valence-electron chi connectivity index (χ3n) is 3.15. The highest BCUT2D eigenvalue weighted by atomic mass is 14.9. The zero-order valence-corrected chi connectivity index (χ0v) is 10.1. The van der Waals surface area contributed by atoms with Gasteiger partial charge < -0.3 is 5.32 Å². The Bertz CT molecular complexity index is 570. The number of anilines is 1. The van der Waals surface area contributed by atoms with Crippen LogP contribution in [0.2, 0.25) is 0 Å². The van der Waals surface area contributed by atoms with E-state index in [0.29, 0.717) is 0 Å². The normalized spacial score (nSPS) is 11.6. The quantitative estimate of drug-likeness (QED) is 0.604. The Morgan fingerprint density at radius 2 is 1.11 bits per heavy atom. The maximum atomic E-state index is 3.19. The van der Waals surface area contributed by atoms with E-state index in [9.17, 15) is 0 Å². The van der Waals surface area contributed by atoms with Crippen LogP contribution in [0.3, 0.4) is 0 Å². The van der Waals surface area contributed by atoms with Gasteiger partial charge in [-0.05, 0) is 22.4 Å². The van der Waals surface area contributed by atoms with Crippen molar-refractivity contribution in [2.75, 3.05) is 5.32 Å². The molecule has 1 nitrogen and oxygen atoms in total. The van der Waals surface area contributed by atoms with E-state index in [1.54, 1.807) is 0 Å². The maximum Gasteiger partial charge on any atom is 0.0421 e. The molecule has 0 spiro atoms. The molecule has 3 aromatic rings. The van der Waals surface area contributed by atoms with Crippen molar-refractivity contribution in [3.05, 3.63) is 78.4 Å². The smallest absolute Gasteiger partial charge is 0.0421 e. The van der Waals surface area contributed by atoms with Crippen LogP contribution in [-0.4, -0.2) is 0 Å². The Labute approximate surface area is 107 Å². The molecule has 0 fully saturated rings. The average molecular weight is 233 g/mol. The second-order valence-electron chi connectivity index (χ2n) is 4.36. The Kier molecular flexibility index (Phi) is 2.97. The summed E-state index contributed by atoms with van der Waals surface area (Å²) in [7, 11) is 0. The van der Waals surface area contributed by atoms with Gasteiger partial charge in [0.1, 0.15) is 0 Å². The largest absolute Gasteiger partial charge is 0.381 e. The van der Waals surface area contributed by atoms with Crippen molar-refractivity contribution in [1.82, 2.24) is 0 Å². The molecule has 0 saturated carbocycles. The SMILES string of the molecule is c1ccc2c(c1)CN2.c1ccc2ccccc2c1. The summed E-state index contributed by atoms with van der Waals surface area (Å²) in [4.78, 5) is 0. The highest BCUT2D eigenvalue weighted by molar-refractivity contribution is 5.82. The molecular weight excluding hydrogens is 218 g/mol. The van der Waals surface area contributed by atoms with Crippen molar-refractivity contribution in [1.29, 1.82) is 0 Å². The maximum absolute atomic E-state index is 3.19. The molecule has 0 saturated heterocycles. The predicted molar refractivity (Wildman–Crippen MR) is 77.7 cm³/mol. The molecule has 0 radical (unpaired) electrons. The number of benzene rings is 3. The lowest BCUT2D eigenvalue weighted by Crippen LogP contribution is -2.12. The van der Waals surface area contributed by atoms with Gasteiger partial charge in [-0.3, -0.25) is 0 Å². The van der Waals surface area contributed by atoms with E-state index in [1.807, 2.05) is 6.07 Å². The van der Waals surface area contributed by atoms with E-state index in [1.165, 1.54) is 22.0 Å². The predicted octanol–water partition coefficient (Wildman–Crippen LogP) is 4.45. The molecule has 4 rings (SSSR count). The number of hydrogen-bond donors (Lipinski definition) is 1. The van der Waals surface area contributed by atoms with Gasteiger partial charge in [0.25, 0.3) is 0 Å². The minimum atomic E-state index is 1.05. The molecule has 1 aliphatic rings. The second kappa shape index (κ2) is 4.92. The zero-order valence-electron chi connectivity index (χ0n) is 10.1. The van der Waals surface area contributed by atoms with Crippen molar-refractivity contribution >= 4 is 16.5 Å². The van der Waals surface area contributed by atoms with Crippen molar-refractivity contribution in [2.45, 2.75) is 6.54 Å². The molecule has 0 amide bonds. The van der Waals surface area contributed by atoms with Crippen molar-refractivity contribution in [3.8, 4) is 0 Å². The third-order valence-corrected chi connectivity index (χ3v) is 3.15. The van der Waals surface area contributed by atoms with Crippen LogP contribution in [0, 0.1) is 0 Å². The summed E-state index contributed by atoms with van der Waals surface area (Å²) in [5.74, 6) is 0. The first-order valence-corrected chi connectivity index (χ1v) is 6.19. The Morgan fingerprint density at radius 1 is 0.611 bits per heavy atom. The van der Waals surface area contributed by atoms with E-state index in [0.717, 1.165) is 6.54 Å². The van der Waals surface area contributed by atoms with Gasteiger partial charge in [0.05, 0.1) is 0 Å². The van der Waals surface area contributed by atoms with E-state index in [2.05, 4.69) is 72.0 Å². The van der Waals surface area contributed by atoms with Gasteiger partial charge in [0.2, 0.25) is 0 Å². The lowest BCUT2D eigenvalue weighted by atomic mass is 10.1. The second-order valence-corrected chi connectivity index (χ2v) is 4.36. The molecule has 0 aromatic heterocycles. The minimum Gasteiger partial charge on any atom is -0.381 e. The van der Waals surface area contributed by atoms with Gasteiger partial charge in [-0.25, -0.2) is 0 Å². The van der Waals surface area contributed by atoms with Crippen LogP contribution in [0.25, 0.3) is 10.8 Å². The number of fused-ring (bicyclic) bond motifs is 2. The molecule has 0 bridgehead atoms. The highest BCUT2D eigenvalue weighted by Gasteiger charge is 2.07. The lowest BCUT2D eigenvalue weighted by Gasteiger charge is -2.19. The van der Waals surface area contributed by atoms with Crippen LogP contribution in [0.1, 0.15) is 5.56 Å². The first-order chi connectivity index (χ1) is 8.93. The number of para-hydroxylation sites is 1. The minimum absolute atomic E-state index is 1.05. The first kappa shape index (κ1) is 10.8. The van der Waals surface area contributed by atoms with Gasteiger partial charge in [-0.1, -0.05) is 66.7 Å². The van der Waals surface area contributed by atoms with Crippen molar-refractivity contribution < 1.29 is 0 Å². The van der Waals surface area contributed by atoms with E-state index in [-0.39, 0.29) is 0 Å². The fraction of sp³-hybridized carbons (Fsp3) is 0.0588.